The van der Waals surface area contributed by atoms with Crippen LogP contribution in [0.2, 0.25) is 0 Å². The number of ketones is 1. The van der Waals surface area contributed by atoms with E-state index in [9.17, 15) is 9.59 Å². The van der Waals surface area contributed by atoms with Gasteiger partial charge in [-0.2, -0.15) is 0 Å². The lowest BCUT2D eigenvalue weighted by Crippen LogP contribution is -2.46. The molecule has 26 heavy (non-hydrogen) atoms. The average molecular weight is 358 g/mol. The molecular weight excluding hydrogens is 328 g/mol. The van der Waals surface area contributed by atoms with Crippen LogP contribution in [0.25, 0.3) is 0 Å². The van der Waals surface area contributed by atoms with Crippen molar-refractivity contribution < 1.29 is 14.0 Å². The van der Waals surface area contributed by atoms with Crippen LogP contribution in [0, 0.1) is 11.8 Å². The van der Waals surface area contributed by atoms with Gasteiger partial charge in [0.05, 0.1) is 11.1 Å². The molecule has 4 rings (SSSR count). The fourth-order valence-corrected chi connectivity index (χ4v) is 4.49. The first-order valence-electron chi connectivity index (χ1n) is 10.2. The number of hydrogen-bond acceptors (Lipinski definition) is 4. The minimum Gasteiger partial charge on any atom is -0.468 e. The Morgan fingerprint density at radius 1 is 1.23 bits per heavy atom. The van der Waals surface area contributed by atoms with E-state index in [1.165, 1.54) is 25.6 Å². The van der Waals surface area contributed by atoms with Crippen LogP contribution in [0.5, 0.6) is 0 Å². The highest BCUT2D eigenvalue weighted by Gasteiger charge is 2.35. The quantitative estimate of drug-likeness (QED) is 0.828. The molecule has 1 saturated heterocycles. The Morgan fingerprint density at radius 3 is 2.77 bits per heavy atom. The molecule has 0 spiro atoms. The molecule has 1 amide bonds. The monoisotopic (exact) mass is 358 g/mol. The summed E-state index contributed by atoms with van der Waals surface area (Å²) in [6.45, 7) is 8.24. The maximum atomic E-state index is 13.2. The van der Waals surface area contributed by atoms with Crippen molar-refractivity contribution in [3.05, 3.63) is 23.2 Å². The second-order valence-corrected chi connectivity index (χ2v) is 8.58. The molecule has 0 aromatic carbocycles. The summed E-state index contributed by atoms with van der Waals surface area (Å²) >= 11 is 0. The number of rotatable bonds is 4. The predicted molar refractivity (Wildman–Crippen MR) is 99.4 cm³/mol. The molecule has 142 valence electrons. The summed E-state index contributed by atoms with van der Waals surface area (Å²) in [6, 6.07) is 0.389. The first kappa shape index (κ1) is 17.8. The standard InChI is InChI=1S/C21H30N2O3/c1-14(2)17-12-23(10-4-9-22(17)11-15-7-8-15)21(25)16-13-26-19-6-3-5-18(24)20(16)19/h13-15,17H,3-12H2,1-2H3/t17-/m1/s1. The zero-order chi connectivity index (χ0) is 18.3. The van der Waals surface area contributed by atoms with E-state index in [0.717, 1.165) is 44.8 Å². The molecule has 1 aromatic heterocycles. The van der Waals surface area contributed by atoms with E-state index in [4.69, 9.17) is 4.42 Å². The highest BCUT2D eigenvalue weighted by Crippen LogP contribution is 2.32. The lowest BCUT2D eigenvalue weighted by atomic mass is 9.93. The fourth-order valence-electron chi connectivity index (χ4n) is 4.49. The highest BCUT2D eigenvalue weighted by molar-refractivity contribution is 6.09. The lowest BCUT2D eigenvalue weighted by molar-refractivity contribution is 0.0699. The van der Waals surface area contributed by atoms with Gasteiger partial charge in [0, 0.05) is 45.1 Å². The minimum absolute atomic E-state index is 0.0239. The number of hydrogen-bond donors (Lipinski definition) is 0. The fraction of sp³-hybridized carbons (Fsp3) is 0.714. The zero-order valence-corrected chi connectivity index (χ0v) is 16.0. The van der Waals surface area contributed by atoms with Gasteiger partial charge < -0.3 is 9.32 Å². The average Bonchev–Trinajstić information content (AvgIpc) is 3.36. The number of carbonyl (C=O) groups is 2. The van der Waals surface area contributed by atoms with Gasteiger partial charge in [0.25, 0.3) is 5.91 Å². The maximum Gasteiger partial charge on any atom is 0.257 e. The van der Waals surface area contributed by atoms with Gasteiger partial charge in [-0.1, -0.05) is 13.8 Å². The molecule has 1 atom stereocenters. The molecule has 3 aliphatic rings. The Kier molecular flexibility index (Phi) is 4.91. The summed E-state index contributed by atoms with van der Waals surface area (Å²) in [5.74, 6) is 2.10. The van der Waals surface area contributed by atoms with Crippen molar-refractivity contribution in [3.63, 3.8) is 0 Å². The van der Waals surface area contributed by atoms with Gasteiger partial charge >= 0.3 is 0 Å². The summed E-state index contributed by atoms with van der Waals surface area (Å²) in [7, 11) is 0. The molecule has 2 heterocycles. The van der Waals surface area contributed by atoms with Crippen molar-refractivity contribution in [2.24, 2.45) is 11.8 Å². The van der Waals surface area contributed by atoms with Gasteiger partial charge in [0.15, 0.2) is 5.78 Å². The predicted octanol–water partition coefficient (Wildman–Crippen LogP) is 3.38. The Labute approximate surface area is 155 Å². The van der Waals surface area contributed by atoms with E-state index in [-0.39, 0.29) is 11.7 Å². The molecule has 0 bridgehead atoms. The summed E-state index contributed by atoms with van der Waals surface area (Å²) < 4.78 is 5.58. The molecule has 1 saturated carbocycles. The number of carbonyl (C=O) groups excluding carboxylic acids is 2. The van der Waals surface area contributed by atoms with E-state index >= 15 is 0 Å². The summed E-state index contributed by atoms with van der Waals surface area (Å²) in [5, 5.41) is 0. The second-order valence-electron chi connectivity index (χ2n) is 8.58. The largest absolute Gasteiger partial charge is 0.468 e. The summed E-state index contributed by atoms with van der Waals surface area (Å²) in [5.41, 5.74) is 1.05. The van der Waals surface area contributed by atoms with Crippen molar-refractivity contribution in [1.29, 1.82) is 0 Å². The van der Waals surface area contributed by atoms with Crippen LogP contribution in [-0.4, -0.2) is 53.7 Å². The molecule has 2 aliphatic carbocycles. The van der Waals surface area contributed by atoms with Crippen molar-refractivity contribution in [2.45, 2.75) is 58.4 Å². The molecule has 1 aliphatic heterocycles. The van der Waals surface area contributed by atoms with Gasteiger partial charge in [0.1, 0.15) is 12.0 Å². The molecule has 1 aromatic rings. The van der Waals surface area contributed by atoms with Crippen LogP contribution in [0.3, 0.4) is 0 Å². The Bertz CT molecular complexity index is 689. The second kappa shape index (κ2) is 7.18. The molecule has 0 radical (unpaired) electrons. The third kappa shape index (κ3) is 3.46. The third-order valence-electron chi connectivity index (χ3n) is 6.18. The van der Waals surface area contributed by atoms with Gasteiger partial charge in [0.2, 0.25) is 0 Å². The molecule has 0 N–H and O–H groups in total. The van der Waals surface area contributed by atoms with Gasteiger partial charge in [-0.3, -0.25) is 14.5 Å². The molecule has 5 nitrogen and oxygen atoms in total. The number of amides is 1. The zero-order valence-electron chi connectivity index (χ0n) is 16.0. The van der Waals surface area contributed by atoms with Crippen molar-refractivity contribution in [3.8, 4) is 0 Å². The van der Waals surface area contributed by atoms with Crippen molar-refractivity contribution in [2.75, 3.05) is 26.2 Å². The number of Topliss-reactive ketones (excluding diaryl/α,β-unsaturated/α-hetero) is 1. The van der Waals surface area contributed by atoms with Gasteiger partial charge in [-0.05, 0) is 37.5 Å². The van der Waals surface area contributed by atoms with Crippen LogP contribution in [-0.2, 0) is 6.42 Å². The lowest BCUT2D eigenvalue weighted by Gasteiger charge is -2.34. The van der Waals surface area contributed by atoms with Crippen molar-refractivity contribution >= 4 is 11.7 Å². The Hall–Kier alpha value is -1.62. The van der Waals surface area contributed by atoms with E-state index in [1.54, 1.807) is 0 Å². The smallest absolute Gasteiger partial charge is 0.257 e. The van der Waals surface area contributed by atoms with Crippen LogP contribution >= 0.6 is 0 Å². The molecule has 2 fully saturated rings. The summed E-state index contributed by atoms with van der Waals surface area (Å²) in [4.78, 5) is 30.1. The maximum absolute atomic E-state index is 13.2. The topological polar surface area (TPSA) is 53.8 Å². The molecule has 0 unspecified atom stereocenters. The number of aryl methyl sites for hydroxylation is 1. The van der Waals surface area contributed by atoms with E-state index in [0.29, 0.717) is 35.3 Å². The first-order chi connectivity index (χ1) is 12.5. The number of fused-ring (bicyclic) bond motifs is 1. The van der Waals surface area contributed by atoms with Gasteiger partial charge in [-0.25, -0.2) is 0 Å². The third-order valence-corrected chi connectivity index (χ3v) is 6.18. The van der Waals surface area contributed by atoms with Crippen molar-refractivity contribution in [1.82, 2.24) is 9.80 Å². The van der Waals surface area contributed by atoms with Crippen LogP contribution < -0.4 is 0 Å². The normalized spacial score (nSPS) is 24.7. The van der Waals surface area contributed by atoms with Crippen LogP contribution in [0.1, 0.15) is 72.4 Å². The van der Waals surface area contributed by atoms with E-state index < -0.39 is 0 Å². The Morgan fingerprint density at radius 2 is 2.04 bits per heavy atom. The summed E-state index contributed by atoms with van der Waals surface area (Å²) in [6.07, 6.45) is 7.33. The van der Waals surface area contributed by atoms with Crippen LogP contribution in [0.4, 0.5) is 0 Å². The minimum atomic E-state index is -0.0239. The highest BCUT2D eigenvalue weighted by atomic mass is 16.3. The number of furan rings is 1. The van der Waals surface area contributed by atoms with Crippen LogP contribution in [0.15, 0.2) is 10.7 Å². The first-order valence-corrected chi connectivity index (χ1v) is 10.2. The number of nitrogens with zero attached hydrogens (tertiary/aromatic N) is 2. The molecular formula is C21H30N2O3. The molecule has 5 heteroatoms. The van der Waals surface area contributed by atoms with Gasteiger partial charge in [-0.15, -0.1) is 0 Å². The van der Waals surface area contributed by atoms with E-state index in [2.05, 4.69) is 18.7 Å². The SMILES string of the molecule is CC(C)[C@H]1CN(C(=O)c2coc3c2C(=O)CCC3)CCCN1CC1CC1. The Balaban J connectivity index is 1.54. The van der Waals surface area contributed by atoms with E-state index in [1.807, 2.05) is 4.90 Å².